The largest absolute Gasteiger partial charge is 0.352 e. The van der Waals surface area contributed by atoms with Gasteiger partial charge >= 0.3 is 0 Å². The lowest BCUT2D eigenvalue weighted by molar-refractivity contribution is 1.34. The van der Waals surface area contributed by atoms with E-state index in [1.54, 1.807) is 0 Å². The third kappa shape index (κ3) is 1.77. The Kier molecular flexibility index (Phi) is 2.60. The number of aryl methyl sites for hydroxylation is 1. The first kappa shape index (κ1) is 8.21. The van der Waals surface area contributed by atoms with Crippen LogP contribution in [0.25, 0.3) is 0 Å². The summed E-state index contributed by atoms with van der Waals surface area (Å²) in [5.41, 5.74) is 5.17. The molecular formula is C9H11NS. The van der Waals surface area contributed by atoms with E-state index in [1.807, 2.05) is 12.1 Å². The van der Waals surface area contributed by atoms with Crippen LogP contribution in [0.3, 0.4) is 0 Å². The highest BCUT2D eigenvalue weighted by Crippen LogP contribution is 2.16. The number of hydrogen-bond donors (Lipinski definition) is 1. The minimum atomic E-state index is 1.10. The molecule has 1 aromatic carbocycles. The Hall–Kier alpha value is -0.890. The highest BCUT2D eigenvalue weighted by Gasteiger charge is 1.96. The van der Waals surface area contributed by atoms with Crippen LogP contribution in [0.1, 0.15) is 11.1 Å². The first-order valence-corrected chi connectivity index (χ1v) is 3.99. The quantitative estimate of drug-likeness (QED) is 0.676. The van der Waals surface area contributed by atoms with Crippen LogP contribution in [0, 0.1) is 13.8 Å². The molecule has 1 rings (SSSR count). The molecule has 0 heterocycles. The number of thiocarbonyl (C=S) groups is 1. The maximum Gasteiger partial charge on any atom is 0.0659 e. The van der Waals surface area contributed by atoms with Gasteiger partial charge in [-0.15, -0.1) is 0 Å². The Morgan fingerprint density at radius 1 is 1.36 bits per heavy atom. The van der Waals surface area contributed by atoms with Crippen molar-refractivity contribution in [3.63, 3.8) is 0 Å². The molecule has 0 saturated heterocycles. The second-order valence-corrected chi connectivity index (χ2v) is 2.75. The average Bonchev–Trinajstić information content (AvgIpc) is 1.99. The molecule has 0 aliphatic heterocycles. The van der Waals surface area contributed by atoms with Crippen LogP contribution < -0.4 is 5.32 Å². The fourth-order valence-corrected chi connectivity index (χ4v) is 1.10. The Bertz CT molecular complexity index is 268. The summed E-state index contributed by atoms with van der Waals surface area (Å²) in [6, 6.07) is 6.12. The molecule has 58 valence electrons. The first-order valence-electron chi connectivity index (χ1n) is 3.52. The van der Waals surface area contributed by atoms with Gasteiger partial charge in [0, 0.05) is 5.69 Å². The summed E-state index contributed by atoms with van der Waals surface area (Å²) in [5, 5.41) is 3.01. The van der Waals surface area contributed by atoms with Crippen molar-refractivity contribution >= 4 is 23.4 Å². The summed E-state index contributed by atoms with van der Waals surface area (Å²) in [6.45, 7) is 4.17. The number of benzene rings is 1. The van der Waals surface area contributed by atoms with Gasteiger partial charge in [0.25, 0.3) is 0 Å². The van der Waals surface area contributed by atoms with Gasteiger partial charge in [0.2, 0.25) is 0 Å². The van der Waals surface area contributed by atoms with E-state index in [0.29, 0.717) is 0 Å². The van der Waals surface area contributed by atoms with E-state index in [4.69, 9.17) is 12.2 Å². The number of anilines is 1. The average molecular weight is 165 g/mol. The Balaban J connectivity index is 3.05. The van der Waals surface area contributed by atoms with Gasteiger partial charge < -0.3 is 5.32 Å². The molecule has 0 unspecified atom stereocenters. The van der Waals surface area contributed by atoms with E-state index in [9.17, 15) is 0 Å². The minimum absolute atomic E-state index is 1.10. The normalized spacial score (nSPS) is 9.27. The Labute approximate surface area is 72.4 Å². The van der Waals surface area contributed by atoms with Crippen molar-refractivity contribution in [2.24, 2.45) is 0 Å². The SMILES string of the molecule is Cc1cccc(NC=S)c1C. The molecule has 0 bridgehead atoms. The van der Waals surface area contributed by atoms with Crippen molar-refractivity contribution in [1.82, 2.24) is 0 Å². The lowest BCUT2D eigenvalue weighted by atomic mass is 10.1. The van der Waals surface area contributed by atoms with Crippen LogP contribution >= 0.6 is 12.2 Å². The maximum absolute atomic E-state index is 4.70. The van der Waals surface area contributed by atoms with Gasteiger partial charge in [0.05, 0.1) is 5.49 Å². The molecule has 1 N–H and O–H groups in total. The second kappa shape index (κ2) is 3.49. The van der Waals surface area contributed by atoms with Crippen LogP contribution in [-0.4, -0.2) is 5.49 Å². The zero-order valence-electron chi connectivity index (χ0n) is 6.72. The van der Waals surface area contributed by atoms with E-state index in [1.165, 1.54) is 16.6 Å². The molecule has 0 fully saturated rings. The summed E-state index contributed by atoms with van der Waals surface area (Å²) >= 11 is 4.70. The molecule has 0 atom stereocenters. The fourth-order valence-electron chi connectivity index (χ4n) is 0.971. The van der Waals surface area contributed by atoms with Crippen molar-refractivity contribution in [2.45, 2.75) is 13.8 Å². The van der Waals surface area contributed by atoms with Crippen molar-refractivity contribution in [1.29, 1.82) is 0 Å². The fraction of sp³-hybridized carbons (Fsp3) is 0.222. The predicted molar refractivity (Wildman–Crippen MR) is 53.2 cm³/mol. The maximum atomic E-state index is 4.70. The summed E-state index contributed by atoms with van der Waals surface area (Å²) in [6.07, 6.45) is 0. The Morgan fingerprint density at radius 3 is 2.73 bits per heavy atom. The molecule has 0 aliphatic rings. The summed E-state index contributed by atoms with van der Waals surface area (Å²) in [7, 11) is 0. The molecule has 2 heteroatoms. The van der Waals surface area contributed by atoms with Crippen LogP contribution in [0.15, 0.2) is 18.2 Å². The van der Waals surface area contributed by atoms with Gasteiger partial charge in [-0.1, -0.05) is 24.4 Å². The number of rotatable bonds is 2. The van der Waals surface area contributed by atoms with E-state index in [2.05, 4.69) is 25.2 Å². The summed E-state index contributed by atoms with van der Waals surface area (Å²) < 4.78 is 0. The monoisotopic (exact) mass is 165 g/mol. The van der Waals surface area contributed by atoms with Gasteiger partial charge in [-0.05, 0) is 31.0 Å². The van der Waals surface area contributed by atoms with Gasteiger partial charge in [0.15, 0.2) is 0 Å². The smallest absolute Gasteiger partial charge is 0.0659 e. The third-order valence-corrected chi connectivity index (χ3v) is 1.94. The lowest BCUT2D eigenvalue weighted by Crippen LogP contribution is -1.95. The standard InChI is InChI=1S/C9H11NS/c1-7-4-3-5-9(8(7)2)10-6-11/h3-6H,1-2H3,(H,10,11). The van der Waals surface area contributed by atoms with Gasteiger partial charge in [0.1, 0.15) is 0 Å². The highest BCUT2D eigenvalue weighted by atomic mass is 32.1. The zero-order valence-corrected chi connectivity index (χ0v) is 7.53. The molecule has 1 aromatic rings. The van der Waals surface area contributed by atoms with E-state index < -0.39 is 0 Å². The zero-order chi connectivity index (χ0) is 8.27. The van der Waals surface area contributed by atoms with Crippen LogP contribution in [0.5, 0.6) is 0 Å². The van der Waals surface area contributed by atoms with Gasteiger partial charge in [-0.2, -0.15) is 0 Å². The third-order valence-electron chi connectivity index (χ3n) is 1.82. The molecule has 1 nitrogen and oxygen atoms in total. The molecule has 0 spiro atoms. The van der Waals surface area contributed by atoms with Crippen LogP contribution in [0.4, 0.5) is 5.69 Å². The summed E-state index contributed by atoms with van der Waals surface area (Å²) in [4.78, 5) is 0. The van der Waals surface area contributed by atoms with E-state index in [0.717, 1.165) is 5.69 Å². The van der Waals surface area contributed by atoms with Crippen molar-refractivity contribution in [2.75, 3.05) is 5.32 Å². The van der Waals surface area contributed by atoms with Crippen molar-refractivity contribution in [3.8, 4) is 0 Å². The number of nitrogens with one attached hydrogen (secondary N) is 1. The minimum Gasteiger partial charge on any atom is -0.352 e. The van der Waals surface area contributed by atoms with Crippen LogP contribution in [0.2, 0.25) is 0 Å². The second-order valence-electron chi connectivity index (χ2n) is 2.51. The summed E-state index contributed by atoms with van der Waals surface area (Å²) in [5.74, 6) is 0. The van der Waals surface area contributed by atoms with Gasteiger partial charge in [-0.3, -0.25) is 0 Å². The molecule has 11 heavy (non-hydrogen) atoms. The van der Waals surface area contributed by atoms with Gasteiger partial charge in [-0.25, -0.2) is 0 Å². The molecule has 0 amide bonds. The molecular weight excluding hydrogens is 154 g/mol. The predicted octanol–water partition coefficient (Wildman–Crippen LogP) is 2.67. The topological polar surface area (TPSA) is 12.0 Å². The molecule has 0 saturated carbocycles. The van der Waals surface area contributed by atoms with Crippen LogP contribution in [-0.2, 0) is 0 Å². The van der Waals surface area contributed by atoms with Crippen molar-refractivity contribution in [3.05, 3.63) is 29.3 Å². The highest BCUT2D eigenvalue weighted by molar-refractivity contribution is 7.79. The first-order chi connectivity index (χ1) is 5.25. The van der Waals surface area contributed by atoms with E-state index in [-0.39, 0.29) is 0 Å². The van der Waals surface area contributed by atoms with E-state index >= 15 is 0 Å². The lowest BCUT2D eigenvalue weighted by Gasteiger charge is -2.06. The molecule has 0 radical (unpaired) electrons. The van der Waals surface area contributed by atoms with Crippen molar-refractivity contribution < 1.29 is 0 Å². The Morgan fingerprint density at radius 2 is 2.09 bits per heavy atom. The molecule has 0 aromatic heterocycles. The molecule has 0 aliphatic carbocycles. The number of hydrogen-bond acceptors (Lipinski definition) is 1.